The van der Waals surface area contributed by atoms with Gasteiger partial charge in [0.15, 0.2) is 0 Å². The molecule has 0 fully saturated rings. The van der Waals surface area contributed by atoms with Crippen LogP contribution < -0.4 is 42.5 Å². The molecule has 32 heteroatoms. The summed E-state index contributed by atoms with van der Waals surface area (Å²) in [4.78, 5) is 113. The minimum atomic E-state index is -1.12. The van der Waals surface area contributed by atoms with Gasteiger partial charge in [-0.25, -0.2) is 19.3 Å². The lowest BCUT2D eigenvalue weighted by molar-refractivity contribution is -0.139. The molecule has 0 spiro atoms. The topological polar surface area (TPSA) is 416 Å². The van der Waals surface area contributed by atoms with Crippen LogP contribution in [0.3, 0.4) is 0 Å². The summed E-state index contributed by atoms with van der Waals surface area (Å²) in [6.45, 7) is 9.33. The van der Waals surface area contributed by atoms with E-state index < -0.39 is 60.8 Å². The number of pyridine rings is 2. The molecule has 10 aromatic rings. The van der Waals surface area contributed by atoms with E-state index in [1.54, 1.807) is 34.2 Å². The zero-order chi connectivity index (χ0) is 84.5. The Labute approximate surface area is 696 Å². The minimum absolute atomic E-state index is 0.000579. The first-order valence-electron chi connectivity index (χ1n) is 40.4. The maximum atomic E-state index is 14.2. The van der Waals surface area contributed by atoms with Gasteiger partial charge in [-0.3, -0.25) is 38.4 Å². The molecule has 0 saturated heterocycles. The van der Waals surface area contributed by atoms with Crippen LogP contribution in [0.2, 0.25) is 0 Å². The predicted octanol–water partition coefficient (Wildman–Crippen LogP) is 8.23. The number of anilines is 2. The molecule has 6 aromatic carbocycles. The second kappa shape index (κ2) is 49.1. The maximum absolute atomic E-state index is 14.2. The number of hydrogen-bond donors (Lipinski definition) is 10. The molecule has 0 bridgehead atoms. The lowest BCUT2D eigenvalue weighted by Gasteiger charge is -2.23. The fourth-order valence-electron chi connectivity index (χ4n) is 13.1. The van der Waals surface area contributed by atoms with Gasteiger partial charge in [-0.1, -0.05) is 144 Å². The number of nitrogens with zero attached hydrogens (tertiary/aromatic N) is 8. The Kier molecular flexibility index (Phi) is 36.7. The lowest BCUT2D eigenvalue weighted by atomic mass is 9.95. The van der Waals surface area contributed by atoms with Gasteiger partial charge in [-0.05, 0) is 117 Å². The molecule has 4 heterocycles. The van der Waals surface area contributed by atoms with Gasteiger partial charge in [-0.2, -0.15) is 0 Å². The van der Waals surface area contributed by atoms with Crippen LogP contribution in [-0.2, 0) is 92.7 Å². The van der Waals surface area contributed by atoms with E-state index in [-0.39, 0.29) is 128 Å². The average Bonchev–Trinajstić information content (AvgIpc) is 1.14. The Morgan fingerprint density at radius 3 is 1.17 bits per heavy atom. The van der Waals surface area contributed by atoms with Crippen LogP contribution in [-0.4, -0.2) is 215 Å². The fraction of sp³-hybridized carbons (Fsp3) is 0.386. The maximum Gasteiger partial charge on any atom is 0.305 e. The van der Waals surface area contributed by atoms with E-state index in [2.05, 4.69) is 73.1 Å². The molecule has 10 N–H and O–H groups in total. The van der Waals surface area contributed by atoms with Crippen LogP contribution in [0.15, 0.2) is 183 Å². The first kappa shape index (κ1) is 89.9. The molecule has 32 nitrogen and oxygen atoms in total. The zero-order valence-electron chi connectivity index (χ0n) is 67.6. The van der Waals surface area contributed by atoms with E-state index in [1.807, 2.05) is 172 Å². The molecular formula is C88H106N16O16. The Bertz CT molecular complexity index is 4620. The zero-order valence-corrected chi connectivity index (χ0v) is 67.6. The molecule has 0 aliphatic carbocycles. The van der Waals surface area contributed by atoms with Crippen LogP contribution >= 0.6 is 0 Å². The SMILES string of the molecule is Cc1ccnc(NCCCC(=O)N[C@@H](Cc2cn(CCOCCOCCOCCNC(=O)CCC(=O)NCCOCCOCCOCCn3cc(C[C@H](NC(=O)CCCNc4cc(C)ccn4)C(=O)NC(CC(=O)O)c4ccc(-c5cccc6ccccc56)cc4)nn3)nn2)C(=O)NC(CC(=O)O)c2ccc(-c3cccc4ccccc34)cc2)c1. The van der Waals surface area contributed by atoms with Gasteiger partial charge in [0.1, 0.15) is 23.7 Å². The Morgan fingerprint density at radius 1 is 0.400 bits per heavy atom. The number of nitrogens with one attached hydrogen (secondary N) is 8. The van der Waals surface area contributed by atoms with E-state index in [0.29, 0.717) is 99.6 Å². The summed E-state index contributed by atoms with van der Waals surface area (Å²) in [6, 6.07) is 46.6. The summed E-state index contributed by atoms with van der Waals surface area (Å²) < 4.78 is 37.1. The van der Waals surface area contributed by atoms with Gasteiger partial charge >= 0.3 is 11.9 Å². The fourth-order valence-corrected chi connectivity index (χ4v) is 13.1. The number of fused-ring (bicyclic) bond motifs is 2. The molecule has 0 saturated carbocycles. The third kappa shape index (κ3) is 31.1. The van der Waals surface area contributed by atoms with Crippen LogP contribution in [0.5, 0.6) is 0 Å². The van der Waals surface area contributed by atoms with E-state index in [0.717, 1.165) is 54.9 Å². The molecule has 4 aromatic heterocycles. The van der Waals surface area contributed by atoms with Crippen molar-refractivity contribution in [3.05, 3.63) is 216 Å². The minimum Gasteiger partial charge on any atom is -0.481 e. The van der Waals surface area contributed by atoms with E-state index in [9.17, 15) is 48.6 Å². The monoisotopic (exact) mass is 1640 g/mol. The van der Waals surface area contributed by atoms with E-state index >= 15 is 0 Å². The largest absolute Gasteiger partial charge is 0.481 e. The van der Waals surface area contributed by atoms with Crippen LogP contribution in [0.25, 0.3) is 43.8 Å². The summed E-state index contributed by atoms with van der Waals surface area (Å²) in [5, 5.41) is 64.7. The average molecular weight is 1640 g/mol. The Balaban J connectivity index is 0.542. The number of amides is 6. The molecule has 0 aliphatic heterocycles. The van der Waals surface area contributed by atoms with Gasteiger partial charge in [0.2, 0.25) is 35.4 Å². The number of aromatic nitrogens is 8. The number of aliphatic carboxylic acids is 2. The van der Waals surface area contributed by atoms with Crippen LogP contribution in [0.1, 0.15) is 97.1 Å². The summed E-state index contributed by atoms with van der Waals surface area (Å²) in [6.07, 6.45) is 6.97. The van der Waals surface area contributed by atoms with Crippen molar-refractivity contribution in [1.29, 1.82) is 0 Å². The van der Waals surface area contributed by atoms with Gasteiger partial charge < -0.3 is 81.2 Å². The summed E-state index contributed by atoms with van der Waals surface area (Å²) >= 11 is 0. The Hall–Kier alpha value is -12.5. The number of aryl methyl sites for hydroxylation is 2. The first-order chi connectivity index (χ1) is 58.4. The molecule has 120 heavy (non-hydrogen) atoms. The summed E-state index contributed by atoms with van der Waals surface area (Å²) in [5.74, 6) is -3.35. The first-order valence-corrected chi connectivity index (χ1v) is 40.4. The van der Waals surface area contributed by atoms with Crippen molar-refractivity contribution >= 4 is 80.6 Å². The number of carbonyl (C=O) groups is 8. The normalized spacial score (nSPS) is 12.2. The number of benzene rings is 6. The molecule has 10 rings (SSSR count). The van der Waals surface area contributed by atoms with Crippen LogP contribution in [0.4, 0.5) is 11.6 Å². The molecule has 6 amide bonds. The number of carbonyl (C=O) groups excluding carboxylic acids is 6. The molecule has 0 radical (unpaired) electrons. The number of hydrogen-bond acceptors (Lipinski definition) is 22. The van der Waals surface area contributed by atoms with Crippen molar-refractivity contribution in [3.63, 3.8) is 0 Å². The van der Waals surface area contributed by atoms with Crippen molar-refractivity contribution in [2.75, 3.05) is 116 Å². The molecule has 2 unspecified atom stereocenters. The summed E-state index contributed by atoms with van der Waals surface area (Å²) in [5.41, 5.74) is 7.97. The third-order valence-corrected chi connectivity index (χ3v) is 19.3. The van der Waals surface area contributed by atoms with Crippen molar-refractivity contribution in [1.82, 2.24) is 71.9 Å². The van der Waals surface area contributed by atoms with Gasteiger partial charge in [0.25, 0.3) is 0 Å². The van der Waals surface area contributed by atoms with Gasteiger partial charge in [0, 0.05) is 89.5 Å². The molecule has 634 valence electrons. The molecular weight excluding hydrogens is 1540 g/mol. The van der Waals surface area contributed by atoms with Crippen molar-refractivity contribution < 1.29 is 77.0 Å². The molecule has 0 aliphatic rings. The smallest absolute Gasteiger partial charge is 0.305 e. The molecule has 4 atom stereocenters. The predicted molar refractivity (Wildman–Crippen MR) is 450 cm³/mol. The third-order valence-electron chi connectivity index (χ3n) is 19.3. The highest BCUT2D eigenvalue weighted by atomic mass is 16.5. The Morgan fingerprint density at radius 2 is 0.775 bits per heavy atom. The quantitative estimate of drug-likeness (QED) is 0.0160. The standard InChI is InChI=1S/C88H106N16O16/c1-61-31-35-91-79(53-61)89-33-9-19-83(107)95-77(87(113)97-75(57-85(109)110)67-25-21-65(22-26-67)73-17-7-13-63-11-3-5-15-71(63)73)55-69-59-103(101-99-69)39-43-117-47-51-119-49-45-115-41-37-93-81(105)29-30-82(106)94-38-42-116-46-50-120-52-48-118-44-40-104-60-70(100-102-104)56-78(96-84(108)20-10-34-90-80-54-62(2)32-36-92-80)88(114)98-76(58-86(111)112)68-27-23-66(24-28-68)74-18-8-14-64-12-4-6-16-72(64)74/h3-8,11-18,21-28,31-32,35-36,53-54,59-60,75-78H,9-10,19-20,29-30,33-34,37-52,55-58H2,1-2H3,(H,89,91)(H,90,92)(H,93,105)(H,94,106)(H,95,107)(H,96,108)(H,97,113)(H,98,114)(H,109,110)(H,111,112)/t75?,76?,77-,78-/m0/s1. The van der Waals surface area contributed by atoms with Crippen molar-refractivity contribution in [3.8, 4) is 22.3 Å². The lowest BCUT2D eigenvalue weighted by Crippen LogP contribution is -2.49. The van der Waals surface area contributed by atoms with Gasteiger partial charge in [-0.15, -0.1) is 10.2 Å². The van der Waals surface area contributed by atoms with Crippen LogP contribution in [0, 0.1) is 13.8 Å². The van der Waals surface area contributed by atoms with E-state index in [1.165, 1.54) is 0 Å². The highest BCUT2D eigenvalue weighted by Crippen LogP contribution is 2.32. The van der Waals surface area contributed by atoms with Crippen molar-refractivity contribution in [2.24, 2.45) is 0 Å². The van der Waals surface area contributed by atoms with Gasteiger partial charge in [0.05, 0.1) is 129 Å². The number of rotatable bonds is 55. The number of carboxylic acid groups (broad SMARTS) is 2. The second-order valence-corrected chi connectivity index (χ2v) is 28.6. The summed E-state index contributed by atoms with van der Waals surface area (Å²) in [7, 11) is 0. The van der Waals surface area contributed by atoms with Crippen molar-refractivity contribution in [2.45, 2.75) is 115 Å². The van der Waals surface area contributed by atoms with E-state index in [4.69, 9.17) is 28.4 Å². The highest BCUT2D eigenvalue weighted by Gasteiger charge is 2.30. The number of carboxylic acids is 2. The number of ether oxygens (including phenoxy) is 6. The highest BCUT2D eigenvalue weighted by molar-refractivity contribution is 5.98. The second-order valence-electron chi connectivity index (χ2n) is 28.6.